The second kappa shape index (κ2) is 5.67. The summed E-state index contributed by atoms with van der Waals surface area (Å²) in [5.74, 6) is -2.07. The van der Waals surface area contributed by atoms with Gasteiger partial charge in [-0.1, -0.05) is 30.3 Å². The molecule has 2 rings (SSSR count). The van der Waals surface area contributed by atoms with Crippen molar-refractivity contribution in [3.05, 3.63) is 59.2 Å². The van der Waals surface area contributed by atoms with Gasteiger partial charge in [-0.3, -0.25) is 0 Å². The van der Waals surface area contributed by atoms with Crippen molar-refractivity contribution in [2.45, 2.75) is 13.2 Å². The van der Waals surface area contributed by atoms with Gasteiger partial charge < -0.3 is 16.2 Å². The van der Waals surface area contributed by atoms with E-state index >= 15 is 0 Å². The van der Waals surface area contributed by atoms with Crippen LogP contribution in [-0.4, -0.2) is 5.11 Å². The summed E-state index contributed by atoms with van der Waals surface area (Å²) in [5.41, 5.74) is 6.68. The summed E-state index contributed by atoms with van der Waals surface area (Å²) in [5, 5.41) is 11.8. The molecule has 0 amide bonds. The molecule has 0 saturated heterocycles. The summed E-state index contributed by atoms with van der Waals surface area (Å²) in [4.78, 5) is 0. The third-order valence-electron chi connectivity index (χ3n) is 2.83. The number of hydrogen-bond donors (Lipinski definition) is 3. The fourth-order valence-electron chi connectivity index (χ4n) is 1.78. The molecule has 5 heteroatoms. The molecule has 0 radical (unpaired) electrons. The first-order valence-corrected chi connectivity index (χ1v) is 5.78. The Labute approximate surface area is 109 Å². The minimum Gasteiger partial charge on any atom is -0.397 e. The van der Waals surface area contributed by atoms with E-state index in [-0.39, 0.29) is 16.9 Å². The Morgan fingerprint density at radius 3 is 2.47 bits per heavy atom. The molecule has 0 fully saturated rings. The number of benzene rings is 2. The van der Waals surface area contributed by atoms with E-state index in [4.69, 9.17) is 10.8 Å². The maximum atomic E-state index is 13.7. The highest BCUT2D eigenvalue weighted by Crippen LogP contribution is 2.29. The first kappa shape index (κ1) is 13.3. The molecule has 0 heterocycles. The highest BCUT2D eigenvalue weighted by Gasteiger charge is 2.15. The number of aliphatic hydroxyl groups excluding tert-OH is 1. The predicted octanol–water partition coefficient (Wildman–Crippen LogP) is 2.65. The van der Waals surface area contributed by atoms with Gasteiger partial charge in [-0.2, -0.15) is 0 Å². The van der Waals surface area contributed by atoms with Gasteiger partial charge in [0, 0.05) is 12.1 Å². The van der Waals surface area contributed by atoms with Crippen molar-refractivity contribution in [1.82, 2.24) is 0 Å². The summed E-state index contributed by atoms with van der Waals surface area (Å²) >= 11 is 0. The van der Waals surface area contributed by atoms with Crippen molar-refractivity contribution >= 4 is 11.4 Å². The minimum absolute atomic E-state index is 0.0253. The van der Waals surface area contributed by atoms with E-state index in [2.05, 4.69) is 5.32 Å². The van der Waals surface area contributed by atoms with Crippen LogP contribution in [0.15, 0.2) is 36.4 Å². The molecular weight excluding hydrogens is 250 g/mol. The number of hydrogen-bond acceptors (Lipinski definition) is 3. The van der Waals surface area contributed by atoms with E-state index in [9.17, 15) is 8.78 Å². The Hall–Kier alpha value is -2.14. The maximum absolute atomic E-state index is 13.7. The van der Waals surface area contributed by atoms with Crippen LogP contribution in [0.3, 0.4) is 0 Å². The largest absolute Gasteiger partial charge is 0.397 e. The zero-order valence-corrected chi connectivity index (χ0v) is 10.2. The third-order valence-corrected chi connectivity index (χ3v) is 2.83. The van der Waals surface area contributed by atoms with E-state index < -0.39 is 18.2 Å². The van der Waals surface area contributed by atoms with Crippen LogP contribution in [0.5, 0.6) is 0 Å². The summed E-state index contributed by atoms with van der Waals surface area (Å²) in [6.07, 6.45) is 0. The van der Waals surface area contributed by atoms with Gasteiger partial charge in [-0.05, 0) is 11.6 Å². The van der Waals surface area contributed by atoms with Crippen molar-refractivity contribution in [2.75, 3.05) is 11.1 Å². The average Bonchev–Trinajstić information content (AvgIpc) is 2.44. The molecule has 0 atom stereocenters. The number of anilines is 2. The molecule has 100 valence electrons. The van der Waals surface area contributed by atoms with Crippen LogP contribution in [-0.2, 0) is 13.2 Å². The van der Waals surface area contributed by atoms with Crippen LogP contribution < -0.4 is 11.1 Å². The van der Waals surface area contributed by atoms with Crippen LogP contribution >= 0.6 is 0 Å². The van der Waals surface area contributed by atoms with E-state index in [1.54, 1.807) is 0 Å². The zero-order chi connectivity index (χ0) is 13.8. The normalized spacial score (nSPS) is 10.5. The lowest BCUT2D eigenvalue weighted by molar-refractivity contribution is 0.281. The van der Waals surface area contributed by atoms with Gasteiger partial charge in [-0.25, -0.2) is 8.78 Å². The van der Waals surface area contributed by atoms with Gasteiger partial charge in [-0.15, -0.1) is 0 Å². The first-order valence-electron chi connectivity index (χ1n) is 5.78. The van der Waals surface area contributed by atoms with Gasteiger partial charge in [0.15, 0.2) is 11.6 Å². The van der Waals surface area contributed by atoms with Crippen LogP contribution in [0, 0.1) is 11.6 Å². The van der Waals surface area contributed by atoms with Crippen molar-refractivity contribution in [3.8, 4) is 0 Å². The SMILES string of the molecule is Nc1c(CO)cc(F)c(F)c1NCc1ccccc1. The van der Waals surface area contributed by atoms with Crippen molar-refractivity contribution in [2.24, 2.45) is 0 Å². The molecule has 0 bridgehead atoms. The highest BCUT2D eigenvalue weighted by molar-refractivity contribution is 5.70. The summed E-state index contributed by atoms with van der Waals surface area (Å²) in [6.45, 7) is -0.126. The zero-order valence-electron chi connectivity index (χ0n) is 10.2. The van der Waals surface area contributed by atoms with Gasteiger partial charge in [0.2, 0.25) is 0 Å². The monoisotopic (exact) mass is 264 g/mol. The molecule has 0 aliphatic heterocycles. The van der Waals surface area contributed by atoms with E-state index in [1.807, 2.05) is 30.3 Å². The molecule has 0 aromatic heterocycles. The number of halogens is 2. The van der Waals surface area contributed by atoms with Gasteiger partial charge >= 0.3 is 0 Å². The second-order valence-electron chi connectivity index (χ2n) is 4.12. The van der Waals surface area contributed by atoms with Crippen LogP contribution in [0.4, 0.5) is 20.2 Å². The lowest BCUT2D eigenvalue weighted by Crippen LogP contribution is -2.08. The molecule has 0 saturated carbocycles. The molecule has 4 N–H and O–H groups in total. The Morgan fingerprint density at radius 2 is 1.84 bits per heavy atom. The Kier molecular flexibility index (Phi) is 3.97. The van der Waals surface area contributed by atoms with E-state index in [0.717, 1.165) is 11.6 Å². The summed E-state index contributed by atoms with van der Waals surface area (Å²) in [7, 11) is 0. The Balaban J connectivity index is 2.27. The summed E-state index contributed by atoms with van der Waals surface area (Å²) < 4.78 is 27.0. The molecule has 0 aliphatic rings. The number of nitrogens with two attached hydrogens (primary N) is 1. The molecule has 0 spiro atoms. The smallest absolute Gasteiger partial charge is 0.184 e. The number of rotatable bonds is 4. The maximum Gasteiger partial charge on any atom is 0.184 e. The molecule has 3 nitrogen and oxygen atoms in total. The van der Waals surface area contributed by atoms with Crippen LogP contribution in [0.25, 0.3) is 0 Å². The average molecular weight is 264 g/mol. The van der Waals surface area contributed by atoms with Gasteiger partial charge in [0.1, 0.15) is 0 Å². The quantitative estimate of drug-likeness (QED) is 0.744. The molecular formula is C14H14F2N2O. The van der Waals surface area contributed by atoms with Crippen LogP contribution in [0.1, 0.15) is 11.1 Å². The number of nitrogen functional groups attached to an aromatic ring is 1. The predicted molar refractivity (Wildman–Crippen MR) is 70.5 cm³/mol. The topological polar surface area (TPSA) is 58.3 Å². The molecule has 2 aromatic carbocycles. The molecule has 0 unspecified atom stereocenters. The summed E-state index contributed by atoms with van der Waals surface area (Å²) in [6, 6.07) is 10.2. The van der Waals surface area contributed by atoms with Crippen molar-refractivity contribution < 1.29 is 13.9 Å². The molecule has 19 heavy (non-hydrogen) atoms. The van der Waals surface area contributed by atoms with Gasteiger partial charge in [0.05, 0.1) is 18.0 Å². The van der Waals surface area contributed by atoms with Crippen molar-refractivity contribution in [1.29, 1.82) is 0 Å². The number of nitrogens with one attached hydrogen (secondary N) is 1. The third kappa shape index (κ3) is 2.82. The van der Waals surface area contributed by atoms with E-state index in [1.165, 1.54) is 0 Å². The number of aliphatic hydroxyl groups is 1. The standard InChI is InChI=1S/C14H14F2N2O/c15-11-6-10(8-19)13(17)14(12(11)16)18-7-9-4-2-1-3-5-9/h1-6,18-19H,7-8,17H2. The Bertz CT molecular complexity index is 573. The fraction of sp³-hybridized carbons (Fsp3) is 0.143. The van der Waals surface area contributed by atoms with E-state index in [0.29, 0.717) is 6.54 Å². The lowest BCUT2D eigenvalue weighted by atomic mass is 10.1. The van der Waals surface area contributed by atoms with Crippen molar-refractivity contribution in [3.63, 3.8) is 0 Å². The first-order chi connectivity index (χ1) is 9.13. The Morgan fingerprint density at radius 1 is 1.16 bits per heavy atom. The fourth-order valence-corrected chi connectivity index (χ4v) is 1.78. The van der Waals surface area contributed by atoms with Crippen LogP contribution in [0.2, 0.25) is 0 Å². The second-order valence-corrected chi connectivity index (χ2v) is 4.12. The highest BCUT2D eigenvalue weighted by atomic mass is 19.2. The molecule has 0 aliphatic carbocycles. The minimum atomic E-state index is -1.04. The lowest BCUT2D eigenvalue weighted by Gasteiger charge is -2.14. The van der Waals surface area contributed by atoms with Gasteiger partial charge in [0.25, 0.3) is 0 Å². The molecule has 2 aromatic rings.